The van der Waals surface area contributed by atoms with Crippen molar-refractivity contribution >= 4 is 22.1 Å². The maximum absolute atomic E-state index is 6.27. The molecule has 0 bridgehead atoms. The summed E-state index contributed by atoms with van der Waals surface area (Å²) in [4.78, 5) is 13.8. The molecule has 0 saturated heterocycles. The van der Waals surface area contributed by atoms with E-state index in [2.05, 4.69) is 74.3 Å². The van der Waals surface area contributed by atoms with Gasteiger partial charge >= 0.3 is 0 Å². The van der Waals surface area contributed by atoms with Crippen LogP contribution in [0.5, 0.6) is 0 Å². The van der Waals surface area contributed by atoms with E-state index >= 15 is 0 Å². The van der Waals surface area contributed by atoms with Crippen LogP contribution in [-0.4, -0.2) is 15.0 Å². The number of hydrogen-bond acceptors (Lipinski definition) is 4. The smallest absolute Gasteiger partial charge is 0.216 e. The van der Waals surface area contributed by atoms with Crippen molar-refractivity contribution in [1.82, 2.24) is 15.0 Å². The third kappa shape index (κ3) is 5.80. The van der Waals surface area contributed by atoms with Crippen LogP contribution in [0.2, 0.25) is 0 Å². The van der Waals surface area contributed by atoms with E-state index in [-0.39, 0.29) is 20.1 Å². The van der Waals surface area contributed by atoms with Gasteiger partial charge in [0.1, 0.15) is 0 Å². The van der Waals surface area contributed by atoms with Crippen LogP contribution in [0.3, 0.4) is 0 Å². The Hall–Kier alpha value is -4.44. The van der Waals surface area contributed by atoms with Gasteiger partial charge in [-0.1, -0.05) is 53.4 Å². The van der Waals surface area contributed by atoms with Crippen molar-refractivity contribution in [1.29, 1.82) is 0 Å². The molecule has 3 aromatic carbocycles. The minimum atomic E-state index is 0. The molecule has 0 amide bonds. The minimum absolute atomic E-state index is 0. The monoisotopic (exact) mass is 724 g/mol. The Labute approximate surface area is 259 Å². The Bertz CT molecular complexity index is 1920. The quantitative estimate of drug-likeness (QED) is 0.171. The zero-order valence-corrected chi connectivity index (χ0v) is 26.3. The van der Waals surface area contributed by atoms with Crippen LogP contribution in [0.25, 0.3) is 55.8 Å². The average Bonchev–Trinajstić information content (AvgIpc) is 3.38. The zero-order valence-electron chi connectivity index (χ0n) is 23.9. The number of rotatable bonds is 3. The minimum Gasteiger partial charge on any atom is -0.486 e. The topological polar surface area (TPSA) is 51.8 Å². The van der Waals surface area contributed by atoms with Gasteiger partial charge in [-0.15, -0.1) is 54.1 Å². The maximum atomic E-state index is 6.27. The molecule has 0 spiro atoms. The standard InChI is InChI=1S/C26H21N2O.C11H8N.Ir/c1-15-11-13-22(27-18(15)4)21-10-6-9-19-20-12-14-23(28-26(20)29-25(19)21)24-16(2)7-5-8-17(24)3;1-2-6-10(7-3-1)11-8-4-5-9-12-11;/h5-9,11-14H,1-4H3;1-6,8-9H;/q2*-1;. The number of fused-ring (bicyclic) bond motifs is 3. The predicted molar refractivity (Wildman–Crippen MR) is 166 cm³/mol. The van der Waals surface area contributed by atoms with E-state index in [1.165, 1.54) is 16.7 Å². The predicted octanol–water partition coefficient (Wildman–Crippen LogP) is 9.29. The molecule has 7 aromatic rings. The molecule has 0 atom stereocenters. The SMILES string of the molecule is Cc1ccc(-c2[c-]ccc3c2oc2nc(-c4c(C)cccc4C)ccc23)nc1C.[Ir].[c-]1ccccc1-c1ccccn1. The summed E-state index contributed by atoms with van der Waals surface area (Å²) in [6, 6.07) is 38.7. The van der Waals surface area contributed by atoms with Gasteiger partial charge in [-0.3, -0.25) is 0 Å². The molecule has 0 saturated carbocycles. The number of furan rings is 1. The second-order valence-corrected chi connectivity index (χ2v) is 10.1. The van der Waals surface area contributed by atoms with Crippen molar-refractivity contribution < 1.29 is 24.5 Å². The first-order chi connectivity index (χ1) is 20.0. The zero-order chi connectivity index (χ0) is 28.3. The first-order valence-electron chi connectivity index (χ1n) is 13.6. The van der Waals surface area contributed by atoms with Crippen molar-refractivity contribution in [3.8, 4) is 33.8 Å². The van der Waals surface area contributed by atoms with Crippen LogP contribution >= 0.6 is 0 Å². The first-order valence-corrected chi connectivity index (χ1v) is 13.6. The molecule has 0 aliphatic carbocycles. The normalized spacial score (nSPS) is 10.7. The Morgan fingerprint density at radius 1 is 0.595 bits per heavy atom. The molecule has 0 fully saturated rings. The van der Waals surface area contributed by atoms with Gasteiger partial charge in [0.2, 0.25) is 5.71 Å². The van der Waals surface area contributed by atoms with Gasteiger partial charge in [0.25, 0.3) is 0 Å². The summed E-state index contributed by atoms with van der Waals surface area (Å²) >= 11 is 0. The third-order valence-corrected chi connectivity index (χ3v) is 7.29. The fourth-order valence-corrected chi connectivity index (χ4v) is 5.01. The molecule has 209 valence electrons. The van der Waals surface area contributed by atoms with Gasteiger partial charge in [0.05, 0.1) is 11.3 Å². The third-order valence-electron chi connectivity index (χ3n) is 7.29. The summed E-state index contributed by atoms with van der Waals surface area (Å²) < 4.78 is 6.27. The molecule has 4 nitrogen and oxygen atoms in total. The van der Waals surface area contributed by atoms with Crippen molar-refractivity contribution in [3.05, 3.63) is 138 Å². The summed E-state index contributed by atoms with van der Waals surface area (Å²) in [6.45, 7) is 8.32. The fraction of sp³-hybridized carbons (Fsp3) is 0.108. The van der Waals surface area contributed by atoms with E-state index in [0.717, 1.165) is 55.8 Å². The van der Waals surface area contributed by atoms with E-state index in [1.54, 1.807) is 6.20 Å². The van der Waals surface area contributed by atoms with E-state index < -0.39 is 0 Å². The van der Waals surface area contributed by atoms with Gasteiger partial charge in [-0.2, -0.15) is 0 Å². The summed E-state index contributed by atoms with van der Waals surface area (Å²) in [6.07, 6.45) is 1.79. The number of aryl methyl sites for hydroxylation is 4. The number of pyridine rings is 3. The van der Waals surface area contributed by atoms with Crippen LogP contribution in [0.15, 0.2) is 108 Å². The largest absolute Gasteiger partial charge is 0.486 e. The number of aromatic nitrogens is 3. The Balaban J connectivity index is 0.000000228. The fourth-order valence-electron chi connectivity index (χ4n) is 5.01. The van der Waals surface area contributed by atoms with Crippen LogP contribution in [0.1, 0.15) is 22.4 Å². The van der Waals surface area contributed by atoms with Crippen molar-refractivity contribution in [2.75, 3.05) is 0 Å². The maximum Gasteiger partial charge on any atom is 0.216 e. The molecule has 4 heterocycles. The van der Waals surface area contributed by atoms with Crippen molar-refractivity contribution in [2.24, 2.45) is 0 Å². The summed E-state index contributed by atoms with van der Waals surface area (Å²) in [5.74, 6) is 0. The molecule has 0 aliphatic heterocycles. The van der Waals surface area contributed by atoms with E-state index in [4.69, 9.17) is 14.4 Å². The van der Waals surface area contributed by atoms with Gasteiger partial charge in [-0.25, -0.2) is 4.98 Å². The summed E-state index contributed by atoms with van der Waals surface area (Å²) in [5.41, 5.74) is 11.9. The Kier molecular flexibility index (Phi) is 8.72. The summed E-state index contributed by atoms with van der Waals surface area (Å²) in [5, 5.41) is 2.04. The molecule has 0 unspecified atom stereocenters. The van der Waals surface area contributed by atoms with Crippen LogP contribution in [0, 0.1) is 39.8 Å². The Morgan fingerprint density at radius 2 is 1.38 bits per heavy atom. The van der Waals surface area contributed by atoms with E-state index in [1.807, 2.05) is 67.6 Å². The molecular weight excluding hydrogens is 695 g/mol. The van der Waals surface area contributed by atoms with Gasteiger partial charge in [0.15, 0.2) is 0 Å². The average molecular weight is 724 g/mol. The van der Waals surface area contributed by atoms with Gasteiger partial charge in [0, 0.05) is 42.9 Å². The molecule has 1 radical (unpaired) electrons. The van der Waals surface area contributed by atoms with Crippen molar-refractivity contribution in [2.45, 2.75) is 27.7 Å². The molecule has 4 aromatic heterocycles. The van der Waals surface area contributed by atoms with Crippen LogP contribution < -0.4 is 0 Å². The summed E-state index contributed by atoms with van der Waals surface area (Å²) in [7, 11) is 0. The van der Waals surface area contributed by atoms with E-state index in [0.29, 0.717) is 5.71 Å². The van der Waals surface area contributed by atoms with Gasteiger partial charge in [-0.05, 0) is 74.0 Å². The molecule has 5 heteroatoms. The molecule has 0 N–H and O–H groups in total. The molecular formula is C37H29IrN3O-2. The second-order valence-electron chi connectivity index (χ2n) is 10.1. The number of benzene rings is 3. The Morgan fingerprint density at radius 3 is 2.10 bits per heavy atom. The first kappa shape index (κ1) is 29.1. The number of hydrogen-bond donors (Lipinski definition) is 0. The van der Waals surface area contributed by atoms with Crippen molar-refractivity contribution in [3.63, 3.8) is 0 Å². The molecule has 0 aliphatic rings. The second kappa shape index (κ2) is 12.6. The number of nitrogens with zero attached hydrogens (tertiary/aromatic N) is 3. The van der Waals surface area contributed by atoms with Gasteiger partial charge < -0.3 is 14.4 Å². The molecule has 7 rings (SSSR count). The van der Waals surface area contributed by atoms with Crippen LogP contribution in [0.4, 0.5) is 0 Å². The van der Waals surface area contributed by atoms with Crippen LogP contribution in [-0.2, 0) is 20.1 Å². The van der Waals surface area contributed by atoms with E-state index in [9.17, 15) is 0 Å². The molecule has 42 heavy (non-hydrogen) atoms.